The molecule has 2 nitrogen and oxygen atoms in total. The minimum Gasteiger partial charge on any atom is -0.377 e. The van der Waals surface area contributed by atoms with E-state index in [9.17, 15) is 0 Å². The van der Waals surface area contributed by atoms with Gasteiger partial charge in [-0.2, -0.15) is 0 Å². The monoisotopic (exact) mass is 249 g/mol. The molecule has 0 amide bonds. The molecule has 18 heavy (non-hydrogen) atoms. The molecule has 102 valence electrons. The van der Waals surface area contributed by atoms with Crippen LogP contribution in [0, 0.1) is 0 Å². The van der Waals surface area contributed by atoms with Crippen molar-refractivity contribution in [1.29, 1.82) is 0 Å². The predicted molar refractivity (Wildman–Crippen MR) is 78.2 cm³/mol. The molecule has 0 heterocycles. The zero-order valence-corrected chi connectivity index (χ0v) is 12.6. The molecule has 0 fully saturated rings. The van der Waals surface area contributed by atoms with E-state index in [0.29, 0.717) is 12.0 Å². The van der Waals surface area contributed by atoms with Gasteiger partial charge in [-0.3, -0.25) is 0 Å². The highest BCUT2D eigenvalue weighted by molar-refractivity contribution is 5.25. The van der Waals surface area contributed by atoms with Crippen LogP contribution in [0.15, 0.2) is 24.3 Å². The third-order valence-corrected chi connectivity index (χ3v) is 3.80. The second-order valence-electron chi connectivity index (χ2n) is 5.75. The summed E-state index contributed by atoms with van der Waals surface area (Å²) in [4.78, 5) is 0. The maximum absolute atomic E-state index is 5.56. The van der Waals surface area contributed by atoms with E-state index in [1.807, 2.05) is 7.05 Å². The lowest BCUT2D eigenvalue weighted by Crippen LogP contribution is -2.48. The molecular formula is C16H27NO. The van der Waals surface area contributed by atoms with E-state index in [1.165, 1.54) is 11.1 Å². The van der Waals surface area contributed by atoms with Gasteiger partial charge < -0.3 is 10.1 Å². The molecule has 1 N–H and O–H groups in total. The lowest BCUT2D eigenvalue weighted by Gasteiger charge is -2.33. The first-order valence-corrected chi connectivity index (χ1v) is 6.72. The number of hydrogen-bond donors (Lipinski definition) is 1. The van der Waals surface area contributed by atoms with Crippen LogP contribution in [-0.2, 0) is 11.2 Å². The molecule has 1 atom stereocenters. The topological polar surface area (TPSA) is 21.3 Å². The second kappa shape index (κ2) is 6.35. The van der Waals surface area contributed by atoms with Gasteiger partial charge in [0.2, 0.25) is 0 Å². The number of likely N-dealkylation sites (N-methyl/N-ethyl adjacent to an activating group) is 1. The Kier molecular flexibility index (Phi) is 5.36. The molecule has 0 aliphatic heterocycles. The Morgan fingerprint density at radius 1 is 1.17 bits per heavy atom. The summed E-state index contributed by atoms with van der Waals surface area (Å²) in [6, 6.07) is 9.22. The van der Waals surface area contributed by atoms with Crippen LogP contribution in [-0.4, -0.2) is 25.8 Å². The summed E-state index contributed by atoms with van der Waals surface area (Å²) >= 11 is 0. The van der Waals surface area contributed by atoms with Gasteiger partial charge in [0, 0.05) is 13.2 Å². The third kappa shape index (κ3) is 3.82. The summed E-state index contributed by atoms with van der Waals surface area (Å²) in [6.45, 7) is 8.69. The van der Waals surface area contributed by atoms with Crippen molar-refractivity contribution in [2.24, 2.45) is 0 Å². The van der Waals surface area contributed by atoms with Crippen molar-refractivity contribution in [3.8, 4) is 0 Å². The Balaban J connectivity index is 2.77. The van der Waals surface area contributed by atoms with Crippen molar-refractivity contribution in [3.63, 3.8) is 0 Å². The molecule has 0 saturated heterocycles. The van der Waals surface area contributed by atoms with Gasteiger partial charge in [0.25, 0.3) is 0 Å². The third-order valence-electron chi connectivity index (χ3n) is 3.80. The number of rotatable bonds is 6. The van der Waals surface area contributed by atoms with Crippen molar-refractivity contribution in [2.75, 3.05) is 14.2 Å². The lowest BCUT2D eigenvalue weighted by atomic mass is 9.91. The number of hydrogen-bond acceptors (Lipinski definition) is 2. The van der Waals surface area contributed by atoms with Crippen LogP contribution in [0.4, 0.5) is 0 Å². The minimum atomic E-state index is -0.161. The molecule has 1 unspecified atom stereocenters. The van der Waals surface area contributed by atoms with Crippen LogP contribution in [0.2, 0.25) is 0 Å². The van der Waals surface area contributed by atoms with E-state index in [1.54, 1.807) is 7.11 Å². The summed E-state index contributed by atoms with van der Waals surface area (Å²) < 4.78 is 5.56. The van der Waals surface area contributed by atoms with Gasteiger partial charge in [-0.25, -0.2) is 0 Å². The Bertz CT molecular complexity index is 354. The van der Waals surface area contributed by atoms with Crippen LogP contribution >= 0.6 is 0 Å². The summed E-state index contributed by atoms with van der Waals surface area (Å²) in [6.07, 6.45) is 0.982. The highest BCUT2D eigenvalue weighted by Gasteiger charge is 2.27. The Morgan fingerprint density at radius 2 is 1.72 bits per heavy atom. The van der Waals surface area contributed by atoms with Gasteiger partial charge in [0.15, 0.2) is 0 Å². The maximum Gasteiger partial charge on any atom is 0.0778 e. The van der Waals surface area contributed by atoms with Crippen molar-refractivity contribution >= 4 is 0 Å². The molecule has 0 aliphatic carbocycles. The molecule has 0 aliphatic rings. The minimum absolute atomic E-state index is 0.161. The summed E-state index contributed by atoms with van der Waals surface area (Å²) in [5.74, 6) is 0.592. The smallest absolute Gasteiger partial charge is 0.0778 e. The molecular weight excluding hydrogens is 222 g/mol. The normalized spacial score (nSPS) is 13.9. The first kappa shape index (κ1) is 15.2. The zero-order chi connectivity index (χ0) is 13.8. The zero-order valence-electron chi connectivity index (χ0n) is 12.6. The molecule has 1 aromatic rings. The Labute approximate surface area is 112 Å². The van der Waals surface area contributed by atoms with Gasteiger partial charge in [-0.15, -0.1) is 0 Å². The number of benzene rings is 1. The van der Waals surface area contributed by atoms with E-state index < -0.39 is 0 Å². The van der Waals surface area contributed by atoms with Gasteiger partial charge >= 0.3 is 0 Å². The fourth-order valence-corrected chi connectivity index (χ4v) is 2.11. The Morgan fingerprint density at radius 3 is 2.11 bits per heavy atom. The predicted octanol–water partition coefficient (Wildman–Crippen LogP) is 3.37. The van der Waals surface area contributed by atoms with Crippen LogP contribution in [0.5, 0.6) is 0 Å². The average Bonchev–Trinajstić information content (AvgIpc) is 2.36. The van der Waals surface area contributed by atoms with Crippen molar-refractivity contribution in [3.05, 3.63) is 35.4 Å². The molecule has 0 spiro atoms. The fourth-order valence-electron chi connectivity index (χ4n) is 2.11. The first-order chi connectivity index (χ1) is 8.40. The van der Waals surface area contributed by atoms with Gasteiger partial charge in [0.1, 0.15) is 0 Å². The first-order valence-electron chi connectivity index (χ1n) is 6.72. The van der Waals surface area contributed by atoms with Gasteiger partial charge in [0.05, 0.1) is 5.60 Å². The summed E-state index contributed by atoms with van der Waals surface area (Å²) in [7, 11) is 3.76. The number of nitrogens with one attached hydrogen (secondary N) is 1. The Hall–Kier alpha value is -0.860. The van der Waals surface area contributed by atoms with E-state index in [2.05, 4.69) is 57.3 Å². The highest BCUT2D eigenvalue weighted by atomic mass is 16.5. The molecule has 1 aromatic carbocycles. The number of ether oxygens (including phenoxy) is 1. The van der Waals surface area contributed by atoms with Crippen LogP contribution in [0.25, 0.3) is 0 Å². The second-order valence-corrected chi connectivity index (χ2v) is 5.75. The molecule has 2 heteroatoms. The average molecular weight is 249 g/mol. The molecule has 0 bridgehead atoms. The van der Waals surface area contributed by atoms with Gasteiger partial charge in [-0.05, 0) is 44.4 Å². The van der Waals surface area contributed by atoms with Crippen LogP contribution in [0.3, 0.4) is 0 Å². The van der Waals surface area contributed by atoms with Crippen LogP contribution < -0.4 is 5.32 Å². The van der Waals surface area contributed by atoms with E-state index >= 15 is 0 Å². The van der Waals surface area contributed by atoms with Crippen molar-refractivity contribution in [1.82, 2.24) is 5.32 Å². The quantitative estimate of drug-likeness (QED) is 0.834. The maximum atomic E-state index is 5.56. The molecule has 0 aromatic heterocycles. The summed E-state index contributed by atoms with van der Waals surface area (Å²) in [5, 5.41) is 3.35. The van der Waals surface area contributed by atoms with Crippen LogP contribution in [0.1, 0.15) is 44.7 Å². The standard InChI is InChI=1S/C16H27NO/c1-12(2)14-9-7-13(8-10-14)11-15(17-5)16(3,4)18-6/h7-10,12,15,17H,11H2,1-6H3. The van der Waals surface area contributed by atoms with Gasteiger partial charge in [-0.1, -0.05) is 38.1 Å². The van der Waals surface area contributed by atoms with E-state index in [-0.39, 0.29) is 5.60 Å². The lowest BCUT2D eigenvalue weighted by molar-refractivity contribution is -0.00797. The summed E-state index contributed by atoms with van der Waals surface area (Å²) in [5.41, 5.74) is 2.58. The molecule has 0 saturated carbocycles. The molecule has 1 rings (SSSR count). The van der Waals surface area contributed by atoms with Crippen molar-refractivity contribution in [2.45, 2.75) is 51.7 Å². The largest absolute Gasteiger partial charge is 0.377 e. The highest BCUT2D eigenvalue weighted by Crippen LogP contribution is 2.20. The van der Waals surface area contributed by atoms with Crippen molar-refractivity contribution < 1.29 is 4.74 Å². The van der Waals surface area contributed by atoms with E-state index in [4.69, 9.17) is 4.74 Å². The molecule has 0 radical (unpaired) electrons. The van der Waals surface area contributed by atoms with E-state index in [0.717, 1.165) is 6.42 Å². The SMILES string of the molecule is CNC(Cc1ccc(C(C)C)cc1)C(C)(C)OC. The number of methoxy groups -OCH3 is 1. The fraction of sp³-hybridized carbons (Fsp3) is 0.625.